The molecule has 0 N–H and O–H groups in total. The Morgan fingerprint density at radius 2 is 2.33 bits per heavy atom. The van der Waals surface area contributed by atoms with Crippen LogP contribution in [0.3, 0.4) is 0 Å². The van der Waals surface area contributed by atoms with Crippen LogP contribution < -0.4 is 0 Å². The van der Waals surface area contributed by atoms with Gasteiger partial charge in [0.25, 0.3) is 6.47 Å². The zero-order valence-corrected chi connectivity index (χ0v) is 7.47. The third kappa shape index (κ3) is 2.24. The predicted molar refractivity (Wildman–Crippen MR) is 47.0 cm³/mol. The van der Waals surface area contributed by atoms with Gasteiger partial charge in [0.15, 0.2) is 0 Å². The average Bonchev–Trinajstić information content (AvgIpc) is 2.07. The van der Waals surface area contributed by atoms with E-state index in [2.05, 4.69) is 4.74 Å². The van der Waals surface area contributed by atoms with Crippen molar-refractivity contribution in [3.63, 3.8) is 0 Å². The molecule has 0 bridgehead atoms. The first-order chi connectivity index (χ1) is 5.74. The number of rotatable bonds is 3. The molecule has 0 unspecified atom stereocenters. The number of hydrogen-bond donors (Lipinski definition) is 0. The van der Waals surface area contributed by atoms with Crippen LogP contribution in [-0.4, -0.2) is 6.47 Å². The molecule has 1 aromatic carbocycles. The number of ether oxygens (including phenoxy) is 1. The molecule has 0 aromatic heterocycles. The van der Waals surface area contributed by atoms with Crippen molar-refractivity contribution in [1.29, 1.82) is 0 Å². The monoisotopic (exact) mass is 184 g/mol. The molecular weight excluding hydrogens is 176 g/mol. The molecule has 0 atom stereocenters. The van der Waals surface area contributed by atoms with Crippen molar-refractivity contribution < 1.29 is 9.53 Å². The van der Waals surface area contributed by atoms with E-state index in [1.165, 1.54) is 0 Å². The second-order valence-corrected chi connectivity index (χ2v) is 2.90. The summed E-state index contributed by atoms with van der Waals surface area (Å²) in [7, 11) is 0. The molecule has 12 heavy (non-hydrogen) atoms. The molecule has 0 saturated heterocycles. The second kappa shape index (κ2) is 4.12. The topological polar surface area (TPSA) is 26.3 Å². The van der Waals surface area contributed by atoms with Crippen LogP contribution in [0, 0.1) is 6.92 Å². The molecular formula is C9H9ClO2. The van der Waals surface area contributed by atoms with Crippen molar-refractivity contribution >= 4 is 18.1 Å². The third-order valence-electron chi connectivity index (χ3n) is 1.55. The van der Waals surface area contributed by atoms with Crippen LogP contribution in [-0.2, 0) is 16.1 Å². The summed E-state index contributed by atoms with van der Waals surface area (Å²) in [4.78, 5) is 9.87. The second-order valence-electron chi connectivity index (χ2n) is 2.49. The van der Waals surface area contributed by atoms with Crippen molar-refractivity contribution in [1.82, 2.24) is 0 Å². The number of benzene rings is 1. The van der Waals surface area contributed by atoms with Gasteiger partial charge in [-0.05, 0) is 24.1 Å². The Morgan fingerprint density at radius 3 is 2.92 bits per heavy atom. The minimum Gasteiger partial charge on any atom is -0.463 e. The lowest BCUT2D eigenvalue weighted by Gasteiger charge is -2.01. The van der Waals surface area contributed by atoms with Gasteiger partial charge in [0.1, 0.15) is 6.61 Å². The lowest BCUT2D eigenvalue weighted by atomic mass is 10.2. The van der Waals surface area contributed by atoms with Gasteiger partial charge < -0.3 is 4.74 Å². The van der Waals surface area contributed by atoms with E-state index in [1.54, 1.807) is 6.07 Å². The van der Waals surface area contributed by atoms with Crippen LogP contribution in [0.5, 0.6) is 0 Å². The van der Waals surface area contributed by atoms with E-state index in [0.717, 1.165) is 11.1 Å². The molecule has 2 nitrogen and oxygen atoms in total. The molecule has 3 heteroatoms. The third-order valence-corrected chi connectivity index (χ3v) is 1.96. The molecule has 0 fully saturated rings. The van der Waals surface area contributed by atoms with Crippen LogP contribution in [0.15, 0.2) is 18.2 Å². The SMILES string of the molecule is Cc1ccc(COC=O)cc1Cl. The van der Waals surface area contributed by atoms with E-state index in [1.807, 2.05) is 19.1 Å². The quantitative estimate of drug-likeness (QED) is 0.674. The molecule has 0 saturated carbocycles. The van der Waals surface area contributed by atoms with Crippen molar-refractivity contribution in [2.24, 2.45) is 0 Å². The van der Waals surface area contributed by atoms with E-state index in [9.17, 15) is 4.79 Å². The van der Waals surface area contributed by atoms with E-state index in [4.69, 9.17) is 11.6 Å². The summed E-state index contributed by atoms with van der Waals surface area (Å²) in [6.45, 7) is 2.63. The van der Waals surface area contributed by atoms with Crippen LogP contribution >= 0.6 is 11.6 Å². The molecule has 0 spiro atoms. The first kappa shape index (κ1) is 9.07. The van der Waals surface area contributed by atoms with Crippen LogP contribution in [0.25, 0.3) is 0 Å². The number of carbonyl (C=O) groups is 1. The highest BCUT2D eigenvalue weighted by atomic mass is 35.5. The summed E-state index contributed by atoms with van der Waals surface area (Å²) in [6, 6.07) is 5.57. The summed E-state index contributed by atoms with van der Waals surface area (Å²) in [5, 5.41) is 0.696. The van der Waals surface area contributed by atoms with Gasteiger partial charge in [-0.3, -0.25) is 4.79 Å². The van der Waals surface area contributed by atoms with Crippen molar-refractivity contribution in [2.75, 3.05) is 0 Å². The first-order valence-electron chi connectivity index (χ1n) is 3.54. The van der Waals surface area contributed by atoms with Gasteiger partial charge in [-0.2, -0.15) is 0 Å². The Balaban J connectivity index is 2.75. The van der Waals surface area contributed by atoms with Crippen molar-refractivity contribution in [3.05, 3.63) is 34.3 Å². The maximum absolute atomic E-state index is 9.87. The molecule has 0 radical (unpaired) electrons. The molecule has 0 aliphatic rings. The summed E-state index contributed by atoms with van der Waals surface area (Å²) in [5.74, 6) is 0. The van der Waals surface area contributed by atoms with E-state index in [0.29, 0.717) is 11.5 Å². The number of carbonyl (C=O) groups excluding carboxylic acids is 1. The van der Waals surface area contributed by atoms with Gasteiger partial charge in [-0.15, -0.1) is 0 Å². The van der Waals surface area contributed by atoms with Crippen molar-refractivity contribution in [3.8, 4) is 0 Å². The highest BCUT2D eigenvalue weighted by Crippen LogP contribution is 2.16. The molecule has 0 amide bonds. The Hall–Kier alpha value is -1.02. The van der Waals surface area contributed by atoms with E-state index < -0.39 is 0 Å². The molecule has 0 heterocycles. The highest BCUT2D eigenvalue weighted by molar-refractivity contribution is 6.31. The normalized spacial score (nSPS) is 9.50. The van der Waals surface area contributed by atoms with Crippen LogP contribution in [0.1, 0.15) is 11.1 Å². The number of halogens is 1. The van der Waals surface area contributed by atoms with Crippen LogP contribution in [0.2, 0.25) is 5.02 Å². The molecule has 1 aromatic rings. The van der Waals surface area contributed by atoms with E-state index >= 15 is 0 Å². The lowest BCUT2D eigenvalue weighted by Crippen LogP contribution is -1.90. The van der Waals surface area contributed by atoms with Crippen LogP contribution in [0.4, 0.5) is 0 Å². The standard InChI is InChI=1S/C9H9ClO2/c1-7-2-3-8(4-9(7)10)5-12-6-11/h2-4,6H,5H2,1H3. The minimum absolute atomic E-state index is 0.281. The molecule has 0 aliphatic carbocycles. The first-order valence-corrected chi connectivity index (χ1v) is 3.92. The Kier molecular flexibility index (Phi) is 3.11. The fourth-order valence-electron chi connectivity index (χ4n) is 0.856. The van der Waals surface area contributed by atoms with Gasteiger partial charge in [-0.25, -0.2) is 0 Å². The molecule has 0 aliphatic heterocycles. The zero-order chi connectivity index (χ0) is 8.97. The average molecular weight is 185 g/mol. The largest absolute Gasteiger partial charge is 0.463 e. The van der Waals surface area contributed by atoms with Gasteiger partial charge in [0, 0.05) is 5.02 Å². The Bertz CT molecular complexity index is 284. The van der Waals surface area contributed by atoms with Gasteiger partial charge in [0.2, 0.25) is 0 Å². The lowest BCUT2D eigenvalue weighted by molar-refractivity contribution is -0.129. The fraction of sp³-hybridized carbons (Fsp3) is 0.222. The van der Waals surface area contributed by atoms with Gasteiger partial charge in [-0.1, -0.05) is 23.7 Å². The summed E-state index contributed by atoms with van der Waals surface area (Å²) in [5.41, 5.74) is 1.92. The van der Waals surface area contributed by atoms with Gasteiger partial charge >= 0.3 is 0 Å². The van der Waals surface area contributed by atoms with Crippen molar-refractivity contribution in [2.45, 2.75) is 13.5 Å². The van der Waals surface area contributed by atoms with E-state index in [-0.39, 0.29) is 6.61 Å². The molecule has 64 valence electrons. The fourth-order valence-corrected chi connectivity index (χ4v) is 1.06. The summed E-state index contributed by atoms with van der Waals surface area (Å²) in [6.07, 6.45) is 0. The minimum atomic E-state index is 0.281. The predicted octanol–water partition coefficient (Wildman–Crippen LogP) is 2.32. The number of aryl methyl sites for hydroxylation is 1. The summed E-state index contributed by atoms with van der Waals surface area (Å²) < 4.78 is 4.58. The summed E-state index contributed by atoms with van der Waals surface area (Å²) >= 11 is 5.85. The zero-order valence-electron chi connectivity index (χ0n) is 6.71. The maximum atomic E-state index is 9.87. The van der Waals surface area contributed by atoms with Gasteiger partial charge in [0.05, 0.1) is 0 Å². The molecule has 1 rings (SSSR count). The Labute approximate surface area is 76.1 Å². The smallest absolute Gasteiger partial charge is 0.293 e. The Morgan fingerprint density at radius 1 is 1.58 bits per heavy atom. The number of hydrogen-bond acceptors (Lipinski definition) is 2. The highest BCUT2D eigenvalue weighted by Gasteiger charge is 1.97. The maximum Gasteiger partial charge on any atom is 0.293 e.